The number of amides is 1. The van der Waals surface area contributed by atoms with Gasteiger partial charge in [0.15, 0.2) is 0 Å². The first-order chi connectivity index (χ1) is 17.2. The van der Waals surface area contributed by atoms with Crippen LogP contribution in [0, 0.1) is 0 Å². The third-order valence-corrected chi connectivity index (χ3v) is 5.49. The number of anilines is 5. The number of ether oxygens (including phenoxy) is 1. The highest BCUT2D eigenvalue weighted by Crippen LogP contribution is 2.29. The molecule has 0 bridgehead atoms. The van der Waals surface area contributed by atoms with Gasteiger partial charge >= 0.3 is 0 Å². The van der Waals surface area contributed by atoms with Crippen molar-refractivity contribution in [1.82, 2.24) is 9.97 Å². The molecule has 3 aromatic carbocycles. The van der Waals surface area contributed by atoms with Gasteiger partial charge in [-0.15, -0.1) is 0 Å². The summed E-state index contributed by atoms with van der Waals surface area (Å²) >= 11 is 0. The first-order valence-corrected chi connectivity index (χ1v) is 11.1. The van der Waals surface area contributed by atoms with Crippen LogP contribution in [0.15, 0.2) is 104 Å². The number of hydrogen-bond acceptors (Lipinski definition) is 6. The van der Waals surface area contributed by atoms with Crippen LogP contribution < -0.4 is 20.7 Å². The number of nitrogens with one attached hydrogen (secondary N) is 3. The van der Waals surface area contributed by atoms with Crippen LogP contribution in [0.25, 0.3) is 10.9 Å². The number of methoxy groups -OCH3 is 1. The molecule has 0 atom stereocenters. The molecule has 0 fully saturated rings. The van der Waals surface area contributed by atoms with E-state index in [-0.39, 0.29) is 5.91 Å². The Balaban J connectivity index is 1.24. The number of benzene rings is 3. The summed E-state index contributed by atoms with van der Waals surface area (Å²) in [7, 11) is 1.64. The molecule has 0 spiro atoms. The maximum absolute atomic E-state index is 12.7. The van der Waals surface area contributed by atoms with Crippen molar-refractivity contribution in [3.8, 4) is 5.75 Å². The number of hydrogen-bond donors (Lipinski definition) is 3. The predicted octanol–water partition coefficient (Wildman–Crippen LogP) is 6.38. The average Bonchev–Trinajstić information content (AvgIpc) is 2.91. The topological polar surface area (TPSA) is 88.2 Å². The van der Waals surface area contributed by atoms with E-state index in [4.69, 9.17) is 4.74 Å². The average molecular weight is 462 g/mol. The van der Waals surface area contributed by atoms with Gasteiger partial charge in [0.25, 0.3) is 5.91 Å². The normalized spacial score (nSPS) is 10.5. The highest BCUT2D eigenvalue weighted by molar-refractivity contribution is 6.04. The fraction of sp³-hybridized carbons (Fsp3) is 0.0357. The zero-order valence-electron chi connectivity index (χ0n) is 19.0. The lowest BCUT2D eigenvalue weighted by Gasteiger charge is -2.12. The molecule has 0 aliphatic carbocycles. The van der Waals surface area contributed by atoms with Gasteiger partial charge in [0, 0.05) is 58.0 Å². The molecule has 0 unspecified atom stereocenters. The van der Waals surface area contributed by atoms with Gasteiger partial charge in [0.05, 0.1) is 12.6 Å². The van der Waals surface area contributed by atoms with E-state index in [1.165, 1.54) is 0 Å². The third kappa shape index (κ3) is 5.20. The second kappa shape index (κ2) is 9.93. The molecule has 0 radical (unpaired) electrons. The van der Waals surface area contributed by atoms with E-state index < -0.39 is 0 Å². The maximum atomic E-state index is 12.7. The number of aromatic nitrogens is 2. The second-order valence-electron chi connectivity index (χ2n) is 7.84. The Hall–Kier alpha value is -4.91. The molecule has 7 heteroatoms. The van der Waals surface area contributed by atoms with Crippen LogP contribution >= 0.6 is 0 Å². The molecule has 1 amide bonds. The summed E-state index contributed by atoms with van der Waals surface area (Å²) in [5.41, 5.74) is 5.80. The Morgan fingerprint density at radius 1 is 0.714 bits per heavy atom. The molecule has 2 heterocycles. The maximum Gasteiger partial charge on any atom is 0.255 e. The van der Waals surface area contributed by atoms with Gasteiger partial charge in [-0.2, -0.15) is 0 Å². The number of pyridine rings is 2. The minimum absolute atomic E-state index is 0.173. The van der Waals surface area contributed by atoms with Crippen LogP contribution in [-0.2, 0) is 0 Å². The first kappa shape index (κ1) is 21.9. The van der Waals surface area contributed by atoms with Crippen LogP contribution in [-0.4, -0.2) is 23.0 Å². The second-order valence-corrected chi connectivity index (χ2v) is 7.84. The smallest absolute Gasteiger partial charge is 0.255 e. The van der Waals surface area contributed by atoms with Gasteiger partial charge in [-0.1, -0.05) is 0 Å². The molecule has 3 N–H and O–H groups in total. The summed E-state index contributed by atoms with van der Waals surface area (Å²) in [6.07, 6.45) is 5.21. The Bertz CT molecular complexity index is 1450. The Kier molecular flexibility index (Phi) is 6.21. The van der Waals surface area contributed by atoms with Crippen molar-refractivity contribution in [1.29, 1.82) is 0 Å². The van der Waals surface area contributed by atoms with Crippen LogP contribution in [0.1, 0.15) is 10.4 Å². The molecule has 172 valence electrons. The highest BCUT2D eigenvalue weighted by Gasteiger charge is 2.08. The summed E-state index contributed by atoms with van der Waals surface area (Å²) in [6.45, 7) is 0. The molecule has 0 saturated heterocycles. The van der Waals surface area contributed by atoms with Crippen LogP contribution in [0.2, 0.25) is 0 Å². The van der Waals surface area contributed by atoms with E-state index in [1.54, 1.807) is 37.8 Å². The van der Waals surface area contributed by atoms with E-state index in [9.17, 15) is 4.79 Å². The van der Waals surface area contributed by atoms with E-state index in [0.29, 0.717) is 11.3 Å². The number of rotatable bonds is 7. The number of carbonyl (C=O) groups is 1. The van der Waals surface area contributed by atoms with Gasteiger partial charge in [0.1, 0.15) is 5.75 Å². The van der Waals surface area contributed by atoms with E-state index in [0.717, 1.165) is 39.4 Å². The molecule has 5 rings (SSSR count). The van der Waals surface area contributed by atoms with E-state index in [2.05, 4.69) is 25.9 Å². The van der Waals surface area contributed by atoms with Gasteiger partial charge in [-0.05, 0) is 84.9 Å². The van der Waals surface area contributed by atoms with Crippen LogP contribution in [0.4, 0.5) is 28.4 Å². The van der Waals surface area contributed by atoms with Crippen molar-refractivity contribution in [2.24, 2.45) is 0 Å². The summed E-state index contributed by atoms with van der Waals surface area (Å²) in [5.74, 6) is 0.598. The van der Waals surface area contributed by atoms with Crippen LogP contribution in [0.3, 0.4) is 0 Å². The van der Waals surface area contributed by atoms with Gasteiger partial charge in [-0.3, -0.25) is 14.8 Å². The predicted molar refractivity (Wildman–Crippen MR) is 140 cm³/mol. The molecule has 0 aliphatic heterocycles. The summed E-state index contributed by atoms with van der Waals surface area (Å²) < 4.78 is 5.35. The van der Waals surface area contributed by atoms with Gasteiger partial charge < -0.3 is 20.7 Å². The Labute approximate surface area is 202 Å². The first-order valence-electron chi connectivity index (χ1n) is 11.1. The van der Waals surface area contributed by atoms with Gasteiger partial charge in [-0.25, -0.2) is 0 Å². The lowest BCUT2D eigenvalue weighted by Crippen LogP contribution is -2.11. The monoisotopic (exact) mass is 461 g/mol. The van der Waals surface area contributed by atoms with Crippen molar-refractivity contribution in [2.75, 3.05) is 23.1 Å². The minimum atomic E-state index is -0.173. The van der Waals surface area contributed by atoms with Crippen molar-refractivity contribution in [3.63, 3.8) is 0 Å². The molecule has 7 nitrogen and oxygen atoms in total. The number of nitrogens with zero attached hydrogens (tertiary/aromatic N) is 2. The summed E-state index contributed by atoms with van der Waals surface area (Å²) in [5, 5.41) is 10.6. The minimum Gasteiger partial charge on any atom is -0.497 e. The van der Waals surface area contributed by atoms with Crippen molar-refractivity contribution in [2.45, 2.75) is 0 Å². The Morgan fingerprint density at radius 2 is 1.37 bits per heavy atom. The lowest BCUT2D eigenvalue weighted by molar-refractivity contribution is 0.102. The fourth-order valence-electron chi connectivity index (χ4n) is 3.66. The zero-order valence-corrected chi connectivity index (χ0v) is 19.0. The van der Waals surface area contributed by atoms with Crippen molar-refractivity contribution >= 4 is 45.2 Å². The molecule has 0 saturated carbocycles. The Morgan fingerprint density at radius 3 is 2.11 bits per heavy atom. The lowest BCUT2D eigenvalue weighted by atomic mass is 10.1. The standard InChI is InChI=1S/C28H23N5O2/c1-35-24-10-11-26-25(18-24)27(14-17-30-26)32-21-6-8-22(9-7-21)33-28(34)19-2-4-20(5-3-19)31-23-12-15-29-16-13-23/h2-18H,1H3,(H,29,31)(H,30,32)(H,33,34). The number of carbonyl (C=O) groups excluding carboxylic acids is 1. The molecule has 5 aromatic rings. The summed E-state index contributed by atoms with van der Waals surface area (Å²) in [4.78, 5) is 21.1. The fourth-order valence-corrected chi connectivity index (χ4v) is 3.66. The van der Waals surface area contributed by atoms with Gasteiger partial charge in [0.2, 0.25) is 0 Å². The van der Waals surface area contributed by atoms with Crippen molar-refractivity contribution < 1.29 is 9.53 Å². The molecule has 35 heavy (non-hydrogen) atoms. The quantitative estimate of drug-likeness (QED) is 0.261. The number of fused-ring (bicyclic) bond motifs is 1. The zero-order chi connectivity index (χ0) is 24.0. The van der Waals surface area contributed by atoms with Crippen LogP contribution in [0.5, 0.6) is 5.75 Å². The van der Waals surface area contributed by atoms with E-state index >= 15 is 0 Å². The van der Waals surface area contributed by atoms with Crippen molar-refractivity contribution in [3.05, 3.63) is 109 Å². The summed E-state index contributed by atoms with van der Waals surface area (Å²) in [6, 6.07) is 26.4. The molecular formula is C28H23N5O2. The molecular weight excluding hydrogens is 438 g/mol. The third-order valence-electron chi connectivity index (χ3n) is 5.49. The van der Waals surface area contributed by atoms with E-state index in [1.807, 2.05) is 72.8 Å². The molecule has 0 aliphatic rings. The highest BCUT2D eigenvalue weighted by atomic mass is 16.5. The largest absolute Gasteiger partial charge is 0.497 e. The molecule has 2 aromatic heterocycles. The SMILES string of the molecule is COc1ccc2nccc(Nc3ccc(NC(=O)c4ccc(Nc5ccncc5)cc4)cc3)c2c1.